The van der Waals surface area contributed by atoms with Crippen LogP contribution in [0.2, 0.25) is 0 Å². The minimum Gasteiger partial charge on any atom is -0.314 e. The summed E-state index contributed by atoms with van der Waals surface area (Å²) in [5.41, 5.74) is 1.39. The maximum atomic E-state index is 5.64. The number of piperazine rings is 1. The zero-order chi connectivity index (χ0) is 15.2. The summed E-state index contributed by atoms with van der Waals surface area (Å²) in [6.07, 6.45) is 1.06. The van der Waals surface area contributed by atoms with Gasteiger partial charge in [-0.1, -0.05) is 54.3 Å². The van der Waals surface area contributed by atoms with Gasteiger partial charge in [0, 0.05) is 25.7 Å². The van der Waals surface area contributed by atoms with Crippen LogP contribution in [0.25, 0.3) is 10.8 Å². The van der Waals surface area contributed by atoms with E-state index >= 15 is 0 Å². The van der Waals surface area contributed by atoms with Crippen LogP contribution in [0.15, 0.2) is 42.5 Å². The van der Waals surface area contributed by atoms with Crippen LogP contribution in [0.1, 0.15) is 5.56 Å². The Morgan fingerprint density at radius 3 is 2.86 bits per heavy atom. The van der Waals surface area contributed by atoms with Crippen molar-refractivity contribution >= 4 is 22.4 Å². The fraction of sp³-hybridized carbons (Fsp3) is 0.368. The van der Waals surface area contributed by atoms with Crippen LogP contribution in [0.5, 0.6) is 0 Å². The van der Waals surface area contributed by atoms with Crippen molar-refractivity contribution in [2.45, 2.75) is 12.5 Å². The number of fused-ring (bicyclic) bond motifs is 1. The Bertz CT molecular complexity index is 686. The molecule has 0 saturated carbocycles. The van der Waals surface area contributed by atoms with E-state index in [1.165, 1.54) is 16.3 Å². The van der Waals surface area contributed by atoms with Crippen molar-refractivity contribution < 1.29 is 0 Å². The summed E-state index contributed by atoms with van der Waals surface area (Å²) in [4.78, 5) is 2.46. The van der Waals surface area contributed by atoms with Crippen LogP contribution in [0, 0.1) is 11.8 Å². The van der Waals surface area contributed by atoms with Gasteiger partial charge in [-0.25, -0.2) is 0 Å². The molecule has 0 radical (unpaired) electrons. The summed E-state index contributed by atoms with van der Waals surface area (Å²) >= 11 is 5.64. The third-order valence-electron chi connectivity index (χ3n) is 4.23. The van der Waals surface area contributed by atoms with Gasteiger partial charge in [0.2, 0.25) is 0 Å². The molecular weight excluding hydrogens is 292 g/mol. The van der Waals surface area contributed by atoms with E-state index in [1.807, 2.05) is 0 Å². The largest absolute Gasteiger partial charge is 0.314 e. The van der Waals surface area contributed by atoms with Crippen molar-refractivity contribution in [1.82, 2.24) is 10.2 Å². The van der Waals surface area contributed by atoms with Crippen LogP contribution in [0.3, 0.4) is 0 Å². The minimum absolute atomic E-state index is 0.418. The van der Waals surface area contributed by atoms with Crippen molar-refractivity contribution in [3.05, 3.63) is 48.0 Å². The van der Waals surface area contributed by atoms with Gasteiger partial charge in [-0.3, -0.25) is 4.90 Å². The summed E-state index contributed by atoms with van der Waals surface area (Å²) in [5, 5.41) is 6.12. The van der Waals surface area contributed by atoms with Gasteiger partial charge in [0.1, 0.15) is 0 Å². The number of benzene rings is 2. The first-order valence-corrected chi connectivity index (χ1v) is 8.34. The van der Waals surface area contributed by atoms with Crippen molar-refractivity contribution in [2.75, 3.05) is 32.1 Å². The molecule has 1 saturated heterocycles. The molecule has 2 aromatic rings. The molecule has 0 aliphatic carbocycles. The first kappa shape index (κ1) is 15.4. The molecule has 114 valence electrons. The first-order valence-electron chi connectivity index (χ1n) is 7.81. The third kappa shape index (κ3) is 3.81. The average molecular weight is 313 g/mol. The second kappa shape index (κ2) is 7.65. The number of halogens is 1. The van der Waals surface area contributed by atoms with Crippen molar-refractivity contribution in [3.8, 4) is 11.8 Å². The van der Waals surface area contributed by atoms with Crippen LogP contribution in [-0.2, 0) is 6.42 Å². The fourth-order valence-corrected chi connectivity index (χ4v) is 3.15. The van der Waals surface area contributed by atoms with E-state index in [4.69, 9.17) is 11.6 Å². The van der Waals surface area contributed by atoms with E-state index in [2.05, 4.69) is 64.5 Å². The van der Waals surface area contributed by atoms with E-state index in [0.29, 0.717) is 11.9 Å². The molecule has 3 heteroatoms. The predicted octanol–water partition coefficient (Wildman–Crippen LogP) is 2.90. The molecule has 0 amide bonds. The number of nitrogens with zero attached hydrogens (tertiary/aromatic N) is 1. The fourth-order valence-electron chi connectivity index (χ4n) is 3.05. The normalized spacial score (nSPS) is 18.9. The summed E-state index contributed by atoms with van der Waals surface area (Å²) in [6.45, 7) is 3.92. The highest BCUT2D eigenvalue weighted by molar-refractivity contribution is 6.19. The summed E-state index contributed by atoms with van der Waals surface area (Å²) in [7, 11) is 0. The monoisotopic (exact) mass is 312 g/mol. The second-order valence-electron chi connectivity index (χ2n) is 5.70. The number of hydrogen-bond acceptors (Lipinski definition) is 2. The van der Waals surface area contributed by atoms with E-state index in [1.54, 1.807) is 0 Å². The Hall–Kier alpha value is -1.53. The van der Waals surface area contributed by atoms with E-state index in [0.717, 1.165) is 32.6 Å². The molecule has 1 heterocycles. The lowest BCUT2D eigenvalue weighted by Gasteiger charge is -2.35. The quantitative estimate of drug-likeness (QED) is 0.692. The average Bonchev–Trinajstić information content (AvgIpc) is 2.56. The Kier molecular flexibility index (Phi) is 5.34. The van der Waals surface area contributed by atoms with Crippen molar-refractivity contribution in [3.63, 3.8) is 0 Å². The van der Waals surface area contributed by atoms with Crippen LogP contribution in [0.4, 0.5) is 0 Å². The first-order chi connectivity index (χ1) is 10.9. The van der Waals surface area contributed by atoms with Crippen LogP contribution < -0.4 is 5.32 Å². The highest BCUT2D eigenvalue weighted by atomic mass is 35.5. The van der Waals surface area contributed by atoms with Gasteiger partial charge < -0.3 is 5.32 Å². The maximum absolute atomic E-state index is 5.64. The Morgan fingerprint density at radius 2 is 2.00 bits per heavy atom. The van der Waals surface area contributed by atoms with E-state index < -0.39 is 0 Å². The molecule has 1 fully saturated rings. The highest BCUT2D eigenvalue weighted by Crippen LogP contribution is 2.18. The number of nitrogens with one attached hydrogen (secondary N) is 1. The molecule has 0 spiro atoms. The number of alkyl halides is 1. The van der Waals surface area contributed by atoms with Crippen LogP contribution >= 0.6 is 11.6 Å². The Balaban J connectivity index is 1.73. The topological polar surface area (TPSA) is 15.3 Å². The SMILES string of the molecule is ClCC#CCN1CCNCC1Cc1ccc2ccccc2c1. The lowest BCUT2D eigenvalue weighted by molar-refractivity contribution is 0.181. The van der Waals surface area contributed by atoms with Gasteiger partial charge in [-0.2, -0.15) is 0 Å². The maximum Gasteiger partial charge on any atom is 0.0835 e. The van der Waals surface area contributed by atoms with Gasteiger partial charge in [-0.15, -0.1) is 11.6 Å². The summed E-state index contributed by atoms with van der Waals surface area (Å²) < 4.78 is 0. The molecule has 2 aromatic carbocycles. The molecule has 1 N–H and O–H groups in total. The molecular formula is C19H21ClN2. The standard InChI is InChI=1S/C19H21ClN2/c20-9-3-4-11-22-12-10-21-15-19(22)14-16-7-8-17-5-1-2-6-18(17)13-16/h1-2,5-8,13,19,21H,9-12,14-15H2. The zero-order valence-electron chi connectivity index (χ0n) is 12.7. The minimum atomic E-state index is 0.418. The highest BCUT2D eigenvalue weighted by Gasteiger charge is 2.21. The molecule has 1 atom stereocenters. The second-order valence-corrected chi connectivity index (χ2v) is 5.97. The molecule has 3 rings (SSSR count). The lowest BCUT2D eigenvalue weighted by Crippen LogP contribution is -2.52. The smallest absolute Gasteiger partial charge is 0.0835 e. The van der Waals surface area contributed by atoms with E-state index in [9.17, 15) is 0 Å². The van der Waals surface area contributed by atoms with Crippen LogP contribution in [-0.4, -0.2) is 43.0 Å². The lowest BCUT2D eigenvalue weighted by atomic mass is 10.00. The molecule has 0 bridgehead atoms. The van der Waals surface area contributed by atoms with Gasteiger partial charge >= 0.3 is 0 Å². The predicted molar refractivity (Wildman–Crippen MR) is 94.4 cm³/mol. The van der Waals surface area contributed by atoms with Gasteiger partial charge in [0.05, 0.1) is 12.4 Å². The Morgan fingerprint density at radius 1 is 1.14 bits per heavy atom. The van der Waals surface area contributed by atoms with Crippen molar-refractivity contribution in [2.24, 2.45) is 0 Å². The zero-order valence-corrected chi connectivity index (χ0v) is 13.4. The molecule has 1 aliphatic heterocycles. The number of hydrogen-bond donors (Lipinski definition) is 1. The third-order valence-corrected chi connectivity index (χ3v) is 4.36. The van der Waals surface area contributed by atoms with E-state index in [-0.39, 0.29) is 0 Å². The molecule has 22 heavy (non-hydrogen) atoms. The summed E-state index contributed by atoms with van der Waals surface area (Å²) in [5.74, 6) is 6.54. The summed E-state index contributed by atoms with van der Waals surface area (Å²) in [6, 6.07) is 15.8. The van der Waals surface area contributed by atoms with Gasteiger partial charge in [0.25, 0.3) is 0 Å². The molecule has 1 aliphatic rings. The number of rotatable bonds is 3. The molecule has 2 nitrogen and oxygen atoms in total. The van der Waals surface area contributed by atoms with Crippen molar-refractivity contribution in [1.29, 1.82) is 0 Å². The molecule has 0 aromatic heterocycles. The van der Waals surface area contributed by atoms with Gasteiger partial charge in [0.15, 0.2) is 0 Å². The Labute approximate surface area is 137 Å². The van der Waals surface area contributed by atoms with Gasteiger partial charge in [-0.05, 0) is 22.8 Å². The molecule has 1 unspecified atom stereocenters.